The Balaban J connectivity index is 1.87. The number of aromatic nitrogens is 2. The van der Waals surface area contributed by atoms with Crippen molar-refractivity contribution in [1.29, 1.82) is 0 Å². The second-order valence-electron chi connectivity index (χ2n) is 4.32. The van der Waals surface area contributed by atoms with Crippen molar-refractivity contribution in [2.75, 3.05) is 5.75 Å². The van der Waals surface area contributed by atoms with Crippen molar-refractivity contribution >= 4 is 34.0 Å². The highest BCUT2D eigenvalue weighted by Crippen LogP contribution is 2.32. The Morgan fingerprint density at radius 3 is 2.95 bits per heavy atom. The molecule has 2 N–H and O–H groups in total. The van der Waals surface area contributed by atoms with Gasteiger partial charge in [0.2, 0.25) is 0 Å². The Morgan fingerprint density at radius 1 is 1.40 bits per heavy atom. The summed E-state index contributed by atoms with van der Waals surface area (Å²) in [4.78, 5) is 24.5. The van der Waals surface area contributed by atoms with Gasteiger partial charge < -0.3 is 5.73 Å². The van der Waals surface area contributed by atoms with Crippen LogP contribution in [0.5, 0.6) is 0 Å². The first-order valence-corrected chi connectivity index (χ1v) is 7.90. The largest absolute Gasteiger partial charge is 0.364 e. The van der Waals surface area contributed by atoms with E-state index in [0.717, 1.165) is 27.2 Å². The maximum atomic E-state index is 11.2. The topological polar surface area (TPSA) is 81.2 Å². The first kappa shape index (κ1) is 13.3. The van der Waals surface area contributed by atoms with E-state index in [-0.39, 0.29) is 11.7 Å². The highest BCUT2D eigenvalue weighted by Gasteiger charge is 2.23. The quantitative estimate of drug-likeness (QED) is 0.942. The fraction of sp³-hybridized carbons (Fsp3) is 0.231. The van der Waals surface area contributed by atoms with Crippen molar-refractivity contribution in [2.45, 2.75) is 13.0 Å². The average Bonchev–Trinajstić information content (AvgIpc) is 3.07. The minimum absolute atomic E-state index is 0.0451. The van der Waals surface area contributed by atoms with Crippen LogP contribution in [0, 0.1) is 6.92 Å². The van der Waals surface area contributed by atoms with Crippen LogP contribution in [-0.2, 0) is 0 Å². The average molecular weight is 304 g/mol. The van der Waals surface area contributed by atoms with Gasteiger partial charge in [0.05, 0.1) is 10.7 Å². The van der Waals surface area contributed by atoms with Crippen LogP contribution in [0.15, 0.2) is 28.6 Å². The number of amides is 1. The van der Waals surface area contributed by atoms with E-state index in [1.165, 1.54) is 0 Å². The molecule has 1 atom stereocenters. The van der Waals surface area contributed by atoms with Crippen LogP contribution in [-0.4, -0.2) is 26.7 Å². The number of aryl methyl sites for hydroxylation is 1. The van der Waals surface area contributed by atoms with Gasteiger partial charge in [0.1, 0.15) is 22.5 Å². The molecule has 0 spiro atoms. The van der Waals surface area contributed by atoms with E-state index < -0.39 is 5.91 Å². The molecule has 2 aromatic rings. The number of primary amides is 1. The third-order valence-corrected chi connectivity index (χ3v) is 4.70. The van der Waals surface area contributed by atoms with E-state index in [0.29, 0.717) is 0 Å². The molecular weight excluding hydrogens is 292 g/mol. The predicted molar refractivity (Wildman–Crippen MR) is 81.3 cm³/mol. The summed E-state index contributed by atoms with van der Waals surface area (Å²) in [6.07, 6.45) is 0. The Morgan fingerprint density at radius 2 is 2.25 bits per heavy atom. The molecule has 0 bridgehead atoms. The lowest BCUT2D eigenvalue weighted by molar-refractivity contribution is 0.0995. The van der Waals surface area contributed by atoms with Gasteiger partial charge in [-0.15, -0.1) is 23.1 Å². The summed E-state index contributed by atoms with van der Waals surface area (Å²) < 4.78 is 0. The zero-order valence-electron chi connectivity index (χ0n) is 10.7. The minimum atomic E-state index is -0.517. The van der Waals surface area contributed by atoms with Gasteiger partial charge in [-0.2, -0.15) is 0 Å². The standard InChI is InChI=1S/C13H12N4OS2/c1-7-15-11(6-19-7)13-17-10(5-20-13)8-3-2-4-9(16-8)12(14)18/h2-4,6,10H,5H2,1H3,(H2,14,18). The van der Waals surface area contributed by atoms with E-state index in [1.54, 1.807) is 35.2 Å². The second-order valence-corrected chi connectivity index (χ2v) is 6.40. The van der Waals surface area contributed by atoms with E-state index in [9.17, 15) is 4.79 Å². The SMILES string of the molecule is Cc1nc(C2=NC(c3cccc(C(N)=O)n3)CS2)cs1. The molecule has 1 unspecified atom stereocenters. The maximum absolute atomic E-state index is 11.2. The molecule has 0 saturated carbocycles. The molecule has 7 heteroatoms. The van der Waals surface area contributed by atoms with Gasteiger partial charge in [0.25, 0.3) is 5.91 Å². The van der Waals surface area contributed by atoms with Crippen LogP contribution in [0.2, 0.25) is 0 Å². The summed E-state index contributed by atoms with van der Waals surface area (Å²) >= 11 is 3.28. The van der Waals surface area contributed by atoms with Crippen molar-refractivity contribution in [1.82, 2.24) is 9.97 Å². The third-order valence-electron chi connectivity index (χ3n) is 2.85. The van der Waals surface area contributed by atoms with Crippen LogP contribution in [0.1, 0.15) is 32.9 Å². The fourth-order valence-electron chi connectivity index (χ4n) is 1.90. The molecule has 0 aromatic carbocycles. The number of hydrogen-bond acceptors (Lipinski definition) is 6. The monoisotopic (exact) mass is 304 g/mol. The number of nitrogens with zero attached hydrogens (tertiary/aromatic N) is 3. The first-order valence-electron chi connectivity index (χ1n) is 6.03. The molecular formula is C13H12N4OS2. The van der Waals surface area contributed by atoms with Gasteiger partial charge in [0.15, 0.2) is 0 Å². The molecule has 2 aromatic heterocycles. The first-order chi connectivity index (χ1) is 9.63. The van der Waals surface area contributed by atoms with Crippen LogP contribution in [0.4, 0.5) is 0 Å². The molecule has 0 aliphatic carbocycles. The number of rotatable bonds is 3. The predicted octanol–water partition coefficient (Wildman–Crippen LogP) is 2.18. The van der Waals surface area contributed by atoms with Crippen LogP contribution < -0.4 is 5.73 Å². The molecule has 0 radical (unpaired) electrons. The number of thioether (sulfide) groups is 1. The molecule has 5 nitrogen and oxygen atoms in total. The fourth-order valence-corrected chi connectivity index (χ4v) is 3.59. The Labute approximate surface area is 124 Å². The molecule has 102 valence electrons. The summed E-state index contributed by atoms with van der Waals surface area (Å²) in [7, 11) is 0. The third kappa shape index (κ3) is 2.59. The zero-order chi connectivity index (χ0) is 14.1. The smallest absolute Gasteiger partial charge is 0.267 e. The summed E-state index contributed by atoms with van der Waals surface area (Å²) in [6.45, 7) is 1.98. The van der Waals surface area contributed by atoms with Crippen molar-refractivity contribution in [3.05, 3.63) is 45.7 Å². The van der Waals surface area contributed by atoms with Gasteiger partial charge in [-0.3, -0.25) is 9.79 Å². The van der Waals surface area contributed by atoms with Gasteiger partial charge in [-0.1, -0.05) is 6.07 Å². The van der Waals surface area contributed by atoms with E-state index >= 15 is 0 Å². The van der Waals surface area contributed by atoms with Crippen LogP contribution in [0.3, 0.4) is 0 Å². The molecule has 3 rings (SSSR count). The molecule has 20 heavy (non-hydrogen) atoms. The van der Waals surface area contributed by atoms with Crippen molar-refractivity contribution in [3.8, 4) is 0 Å². The summed E-state index contributed by atoms with van der Waals surface area (Å²) in [6, 6.07) is 5.23. The molecule has 0 saturated heterocycles. The van der Waals surface area contributed by atoms with Crippen LogP contribution >= 0.6 is 23.1 Å². The van der Waals surface area contributed by atoms with Crippen molar-refractivity contribution in [3.63, 3.8) is 0 Å². The number of nitrogens with two attached hydrogens (primary N) is 1. The van der Waals surface area contributed by atoms with E-state index in [2.05, 4.69) is 15.0 Å². The minimum Gasteiger partial charge on any atom is -0.364 e. The van der Waals surface area contributed by atoms with E-state index in [4.69, 9.17) is 5.73 Å². The lowest BCUT2D eigenvalue weighted by Crippen LogP contribution is -2.14. The Bertz CT molecular complexity index is 695. The normalized spacial score (nSPS) is 18.1. The lowest BCUT2D eigenvalue weighted by Gasteiger charge is -2.05. The molecule has 1 aliphatic heterocycles. The van der Waals surface area contributed by atoms with Crippen molar-refractivity contribution < 1.29 is 4.79 Å². The van der Waals surface area contributed by atoms with Crippen LogP contribution in [0.25, 0.3) is 0 Å². The maximum Gasteiger partial charge on any atom is 0.267 e. The van der Waals surface area contributed by atoms with Gasteiger partial charge in [-0.25, -0.2) is 9.97 Å². The number of carbonyl (C=O) groups excluding carboxylic acids is 1. The zero-order valence-corrected chi connectivity index (χ0v) is 12.4. The highest BCUT2D eigenvalue weighted by atomic mass is 32.2. The van der Waals surface area contributed by atoms with Gasteiger partial charge >= 0.3 is 0 Å². The molecule has 0 fully saturated rings. The molecule has 1 amide bonds. The number of pyridine rings is 1. The number of aliphatic imine (C=N–C) groups is 1. The van der Waals surface area contributed by atoms with Gasteiger partial charge in [0, 0.05) is 11.1 Å². The summed E-state index contributed by atoms with van der Waals surface area (Å²) in [5.74, 6) is 0.290. The highest BCUT2D eigenvalue weighted by molar-refractivity contribution is 8.14. The Kier molecular flexibility index (Phi) is 3.54. The second kappa shape index (κ2) is 5.34. The Hall–Kier alpha value is -1.73. The van der Waals surface area contributed by atoms with Crippen molar-refractivity contribution in [2.24, 2.45) is 10.7 Å². The summed E-state index contributed by atoms with van der Waals surface area (Å²) in [5, 5.41) is 3.97. The molecule has 1 aliphatic rings. The summed E-state index contributed by atoms with van der Waals surface area (Å²) in [5.41, 5.74) is 7.23. The van der Waals surface area contributed by atoms with E-state index in [1.807, 2.05) is 18.4 Å². The molecule has 3 heterocycles. The number of hydrogen-bond donors (Lipinski definition) is 1. The lowest BCUT2D eigenvalue weighted by atomic mass is 10.2. The van der Waals surface area contributed by atoms with Gasteiger partial charge in [-0.05, 0) is 19.1 Å². The number of carbonyl (C=O) groups is 1. The number of thiazole rings is 1.